The minimum atomic E-state index is 0.0285. The van der Waals surface area contributed by atoms with Crippen LogP contribution in [0.15, 0.2) is 24.3 Å². The third-order valence-electron chi connectivity index (χ3n) is 2.18. The van der Waals surface area contributed by atoms with Crippen LogP contribution in [0.5, 0.6) is 0 Å². The zero-order valence-electron chi connectivity index (χ0n) is 7.70. The van der Waals surface area contributed by atoms with E-state index >= 15 is 0 Å². The van der Waals surface area contributed by atoms with Crippen molar-refractivity contribution in [1.82, 2.24) is 4.98 Å². The van der Waals surface area contributed by atoms with Crippen molar-refractivity contribution in [3.63, 3.8) is 0 Å². The fourth-order valence-electron chi connectivity index (χ4n) is 1.44. The Morgan fingerprint density at radius 3 is 2.79 bits per heavy atom. The van der Waals surface area contributed by atoms with E-state index in [1.807, 2.05) is 0 Å². The van der Waals surface area contributed by atoms with Gasteiger partial charge in [-0.2, -0.15) is 0 Å². The van der Waals surface area contributed by atoms with Gasteiger partial charge in [0.1, 0.15) is 0 Å². The number of hydrogen-bond acceptors (Lipinski definition) is 2. The van der Waals surface area contributed by atoms with Crippen molar-refractivity contribution in [1.29, 1.82) is 0 Å². The number of carbonyl (C=O) groups is 2. The lowest BCUT2D eigenvalue weighted by atomic mass is 10.1. The zero-order chi connectivity index (χ0) is 10.1. The first kappa shape index (κ1) is 8.69. The molecule has 0 aliphatic heterocycles. The minimum absolute atomic E-state index is 0.0285. The highest BCUT2D eigenvalue weighted by Gasteiger charge is 2.03. The van der Waals surface area contributed by atoms with Crippen molar-refractivity contribution in [2.75, 3.05) is 0 Å². The summed E-state index contributed by atoms with van der Waals surface area (Å²) in [6.45, 7) is 1.52. The highest BCUT2D eigenvalue weighted by Crippen LogP contribution is 2.16. The Morgan fingerprint density at radius 2 is 2.14 bits per heavy atom. The minimum Gasteiger partial charge on any atom is -0.352 e. The molecule has 0 amide bonds. The second-order valence-corrected chi connectivity index (χ2v) is 3.20. The van der Waals surface area contributed by atoms with E-state index in [1.54, 1.807) is 24.3 Å². The van der Waals surface area contributed by atoms with Gasteiger partial charge in [0.15, 0.2) is 12.1 Å². The van der Waals surface area contributed by atoms with Crippen LogP contribution in [0.3, 0.4) is 0 Å². The molecule has 0 radical (unpaired) electrons. The molecule has 0 atom stereocenters. The third-order valence-corrected chi connectivity index (χ3v) is 2.18. The summed E-state index contributed by atoms with van der Waals surface area (Å²) < 4.78 is 0. The molecule has 2 aromatic rings. The van der Waals surface area contributed by atoms with E-state index in [2.05, 4.69) is 4.98 Å². The summed E-state index contributed by atoms with van der Waals surface area (Å²) in [5.41, 5.74) is 2.06. The van der Waals surface area contributed by atoms with Crippen LogP contribution < -0.4 is 0 Å². The summed E-state index contributed by atoms with van der Waals surface area (Å²) in [6.07, 6.45) is 0.757. The number of benzene rings is 1. The molecule has 0 aliphatic rings. The standard InChI is InChI=1S/C11H9NO2/c1-7(14)8-2-3-11-9(4-8)5-10(6-13)12-11/h2-6,12H,1H3. The molecular weight excluding hydrogens is 178 g/mol. The predicted octanol–water partition coefficient (Wildman–Crippen LogP) is 2.18. The molecule has 0 unspecified atom stereocenters. The van der Waals surface area contributed by atoms with Gasteiger partial charge in [-0.05, 0) is 31.2 Å². The molecule has 0 fully saturated rings. The van der Waals surface area contributed by atoms with E-state index in [1.165, 1.54) is 6.92 Å². The number of carbonyl (C=O) groups excluding carboxylic acids is 2. The lowest BCUT2D eigenvalue weighted by molar-refractivity contribution is 0.101. The van der Waals surface area contributed by atoms with E-state index in [-0.39, 0.29) is 5.78 Å². The van der Waals surface area contributed by atoms with Gasteiger partial charge in [-0.25, -0.2) is 0 Å². The average molecular weight is 187 g/mol. The number of aldehydes is 1. The Bertz CT molecular complexity index is 511. The Labute approximate surface area is 80.7 Å². The van der Waals surface area contributed by atoms with Crippen molar-refractivity contribution >= 4 is 23.0 Å². The quantitative estimate of drug-likeness (QED) is 0.578. The summed E-state index contributed by atoms with van der Waals surface area (Å²) in [6, 6.07) is 7.06. The largest absolute Gasteiger partial charge is 0.352 e. The Kier molecular flexibility index (Phi) is 1.93. The van der Waals surface area contributed by atoms with Gasteiger partial charge < -0.3 is 4.98 Å². The number of Topliss-reactive ketones (excluding diaryl/α,β-unsaturated/α-hetero) is 1. The number of fused-ring (bicyclic) bond motifs is 1. The van der Waals surface area contributed by atoms with Crippen molar-refractivity contribution in [3.8, 4) is 0 Å². The second-order valence-electron chi connectivity index (χ2n) is 3.20. The first-order chi connectivity index (χ1) is 6.70. The Hall–Kier alpha value is -1.90. The van der Waals surface area contributed by atoms with Crippen molar-refractivity contribution in [2.24, 2.45) is 0 Å². The number of aromatic nitrogens is 1. The number of ketones is 1. The fraction of sp³-hybridized carbons (Fsp3) is 0.0909. The summed E-state index contributed by atoms with van der Waals surface area (Å²) >= 11 is 0. The number of aromatic amines is 1. The Morgan fingerprint density at radius 1 is 1.36 bits per heavy atom. The topological polar surface area (TPSA) is 49.9 Å². The van der Waals surface area contributed by atoms with E-state index in [0.717, 1.165) is 17.2 Å². The second kappa shape index (κ2) is 3.10. The molecule has 1 aromatic carbocycles. The monoisotopic (exact) mass is 187 g/mol. The molecule has 70 valence electrons. The van der Waals surface area contributed by atoms with Crippen molar-refractivity contribution in [2.45, 2.75) is 6.92 Å². The van der Waals surface area contributed by atoms with E-state index in [0.29, 0.717) is 11.3 Å². The first-order valence-electron chi connectivity index (χ1n) is 4.29. The molecule has 3 heteroatoms. The predicted molar refractivity (Wildman–Crippen MR) is 53.7 cm³/mol. The van der Waals surface area contributed by atoms with Crippen LogP contribution in [0.4, 0.5) is 0 Å². The highest BCUT2D eigenvalue weighted by atomic mass is 16.1. The van der Waals surface area contributed by atoms with Crippen LogP contribution in [0.25, 0.3) is 10.9 Å². The average Bonchev–Trinajstić information content (AvgIpc) is 2.58. The van der Waals surface area contributed by atoms with Gasteiger partial charge in [0, 0.05) is 16.5 Å². The van der Waals surface area contributed by atoms with Gasteiger partial charge in [-0.15, -0.1) is 0 Å². The molecule has 0 saturated heterocycles. The summed E-state index contributed by atoms with van der Waals surface area (Å²) in [4.78, 5) is 24.5. The number of nitrogens with one attached hydrogen (secondary N) is 1. The van der Waals surface area contributed by atoms with E-state index in [9.17, 15) is 9.59 Å². The lowest BCUT2D eigenvalue weighted by Gasteiger charge is -1.94. The molecule has 14 heavy (non-hydrogen) atoms. The van der Waals surface area contributed by atoms with Gasteiger partial charge in [-0.3, -0.25) is 9.59 Å². The van der Waals surface area contributed by atoms with Crippen LogP contribution in [-0.2, 0) is 0 Å². The van der Waals surface area contributed by atoms with Crippen LogP contribution in [0, 0.1) is 0 Å². The van der Waals surface area contributed by atoms with Crippen LogP contribution in [0.1, 0.15) is 27.8 Å². The van der Waals surface area contributed by atoms with Gasteiger partial charge in [0.05, 0.1) is 5.69 Å². The molecular formula is C11H9NO2. The summed E-state index contributed by atoms with van der Waals surface area (Å²) in [5.74, 6) is 0.0285. The maximum absolute atomic E-state index is 11.1. The molecule has 1 aromatic heterocycles. The molecule has 0 saturated carbocycles. The summed E-state index contributed by atoms with van der Waals surface area (Å²) in [7, 11) is 0. The highest BCUT2D eigenvalue weighted by molar-refractivity contribution is 5.99. The molecule has 3 nitrogen and oxygen atoms in total. The molecule has 1 N–H and O–H groups in total. The van der Waals surface area contributed by atoms with Crippen LogP contribution in [-0.4, -0.2) is 17.1 Å². The SMILES string of the molecule is CC(=O)c1ccc2[nH]c(C=O)cc2c1. The maximum Gasteiger partial charge on any atom is 0.166 e. The van der Waals surface area contributed by atoms with E-state index in [4.69, 9.17) is 0 Å². The summed E-state index contributed by atoms with van der Waals surface area (Å²) in [5, 5.41) is 0.889. The molecule has 1 heterocycles. The molecule has 0 spiro atoms. The van der Waals surface area contributed by atoms with Gasteiger partial charge in [-0.1, -0.05) is 0 Å². The Balaban J connectivity index is 2.65. The number of rotatable bonds is 2. The van der Waals surface area contributed by atoms with Crippen LogP contribution in [0.2, 0.25) is 0 Å². The van der Waals surface area contributed by atoms with Gasteiger partial charge in [0.25, 0.3) is 0 Å². The smallest absolute Gasteiger partial charge is 0.166 e. The number of hydrogen-bond donors (Lipinski definition) is 1. The fourth-order valence-corrected chi connectivity index (χ4v) is 1.44. The zero-order valence-corrected chi connectivity index (χ0v) is 7.70. The molecule has 0 bridgehead atoms. The van der Waals surface area contributed by atoms with Gasteiger partial charge in [0.2, 0.25) is 0 Å². The number of H-pyrrole nitrogens is 1. The third kappa shape index (κ3) is 1.33. The van der Waals surface area contributed by atoms with Gasteiger partial charge >= 0.3 is 0 Å². The van der Waals surface area contributed by atoms with Crippen molar-refractivity contribution in [3.05, 3.63) is 35.5 Å². The first-order valence-corrected chi connectivity index (χ1v) is 4.29. The maximum atomic E-state index is 11.1. The van der Waals surface area contributed by atoms with Crippen molar-refractivity contribution < 1.29 is 9.59 Å². The lowest BCUT2D eigenvalue weighted by Crippen LogP contribution is -1.89. The van der Waals surface area contributed by atoms with E-state index < -0.39 is 0 Å². The normalized spacial score (nSPS) is 10.4. The molecule has 0 aliphatic carbocycles. The molecule has 2 rings (SSSR count). The van der Waals surface area contributed by atoms with Crippen LogP contribution >= 0.6 is 0 Å².